The Morgan fingerprint density at radius 2 is 1.80 bits per heavy atom. The Bertz CT molecular complexity index is 558. The molecule has 114 valence electrons. The monoisotopic (exact) mass is 306 g/mol. The quantitative estimate of drug-likeness (QED) is 0.811. The molecule has 0 fully saturated rings. The number of rotatable bonds is 7. The summed E-state index contributed by atoms with van der Waals surface area (Å²) in [6.07, 6.45) is 1.16. The average molecular weight is 306 g/mol. The van der Waals surface area contributed by atoms with Gasteiger partial charge >= 0.3 is 0 Å². The van der Waals surface area contributed by atoms with Crippen LogP contribution in [0.25, 0.3) is 0 Å². The molecule has 0 aromatic heterocycles. The Balaban J connectivity index is 3.22. The summed E-state index contributed by atoms with van der Waals surface area (Å²) in [6.45, 7) is 3.90. The molecule has 1 rings (SSSR count). The second-order valence-corrected chi connectivity index (χ2v) is 6.24. The Labute approximate surface area is 118 Å². The van der Waals surface area contributed by atoms with E-state index in [4.69, 9.17) is 0 Å². The molecule has 0 bridgehead atoms. The van der Waals surface area contributed by atoms with Gasteiger partial charge in [-0.3, -0.25) is 0 Å². The van der Waals surface area contributed by atoms with Gasteiger partial charge in [-0.05, 0) is 37.6 Å². The summed E-state index contributed by atoms with van der Waals surface area (Å²) < 4.78 is 54.0. The van der Waals surface area contributed by atoms with Crippen LogP contribution in [-0.2, 0) is 16.6 Å². The fourth-order valence-electron chi connectivity index (χ4n) is 1.86. The van der Waals surface area contributed by atoms with Crippen LogP contribution in [0.5, 0.6) is 0 Å². The Morgan fingerprint density at radius 3 is 2.30 bits per heavy atom. The van der Waals surface area contributed by atoms with E-state index in [2.05, 4.69) is 10.0 Å². The SMILES string of the molecule is CCC(CC)NS(=O)(=O)c1cc(CNC)cc(F)c1F. The third-order valence-electron chi connectivity index (χ3n) is 3.03. The standard InChI is InChI=1S/C13H20F2N2O2S/c1-4-10(5-2)17-20(18,19)12-7-9(8-16-3)6-11(14)13(12)15/h6-7,10,16-17H,4-5,8H2,1-3H3. The summed E-state index contributed by atoms with van der Waals surface area (Å²) in [6, 6.07) is 1.84. The molecule has 0 unspecified atom stereocenters. The largest absolute Gasteiger partial charge is 0.316 e. The van der Waals surface area contributed by atoms with E-state index in [1.807, 2.05) is 13.8 Å². The van der Waals surface area contributed by atoms with Gasteiger partial charge in [0.05, 0.1) is 0 Å². The van der Waals surface area contributed by atoms with Crippen molar-refractivity contribution in [3.63, 3.8) is 0 Å². The number of hydrogen-bond acceptors (Lipinski definition) is 3. The van der Waals surface area contributed by atoms with Crippen LogP contribution in [-0.4, -0.2) is 21.5 Å². The minimum atomic E-state index is -4.07. The first kappa shape index (κ1) is 17.0. The maximum Gasteiger partial charge on any atom is 0.243 e. The molecule has 2 N–H and O–H groups in total. The van der Waals surface area contributed by atoms with E-state index >= 15 is 0 Å². The lowest BCUT2D eigenvalue weighted by atomic mass is 10.2. The summed E-state index contributed by atoms with van der Waals surface area (Å²) in [5.74, 6) is -2.51. The van der Waals surface area contributed by atoms with Crippen LogP contribution >= 0.6 is 0 Å². The van der Waals surface area contributed by atoms with Gasteiger partial charge in [0.2, 0.25) is 10.0 Å². The van der Waals surface area contributed by atoms with Gasteiger partial charge in [0.25, 0.3) is 0 Å². The molecule has 4 nitrogen and oxygen atoms in total. The van der Waals surface area contributed by atoms with Gasteiger partial charge in [-0.2, -0.15) is 0 Å². The van der Waals surface area contributed by atoms with Gasteiger partial charge in [0, 0.05) is 12.6 Å². The number of sulfonamides is 1. The minimum absolute atomic E-state index is 0.255. The molecule has 0 aliphatic carbocycles. The fraction of sp³-hybridized carbons (Fsp3) is 0.538. The molecular formula is C13H20F2N2O2S. The molecule has 0 heterocycles. The van der Waals surface area contributed by atoms with Crippen molar-refractivity contribution >= 4 is 10.0 Å². The zero-order chi connectivity index (χ0) is 15.3. The van der Waals surface area contributed by atoms with Crippen LogP contribution < -0.4 is 10.0 Å². The van der Waals surface area contributed by atoms with Gasteiger partial charge in [-0.15, -0.1) is 0 Å². The van der Waals surface area contributed by atoms with Crippen LogP contribution in [0.4, 0.5) is 8.78 Å². The van der Waals surface area contributed by atoms with Crippen molar-refractivity contribution in [3.8, 4) is 0 Å². The maximum absolute atomic E-state index is 13.8. The van der Waals surface area contributed by atoms with Crippen LogP contribution in [0.2, 0.25) is 0 Å². The molecule has 0 aliphatic heterocycles. The zero-order valence-corrected chi connectivity index (χ0v) is 12.7. The molecule has 7 heteroatoms. The summed E-state index contributed by atoms with van der Waals surface area (Å²) in [5, 5.41) is 2.77. The van der Waals surface area contributed by atoms with Crippen molar-refractivity contribution in [2.75, 3.05) is 7.05 Å². The van der Waals surface area contributed by atoms with Crippen molar-refractivity contribution in [2.45, 2.75) is 44.2 Å². The summed E-state index contributed by atoms with van der Waals surface area (Å²) >= 11 is 0. The first-order valence-corrected chi connectivity index (χ1v) is 7.98. The normalized spacial score (nSPS) is 12.1. The Hall–Kier alpha value is -1.05. The zero-order valence-electron chi connectivity index (χ0n) is 11.8. The first-order valence-electron chi connectivity index (χ1n) is 6.50. The highest BCUT2D eigenvalue weighted by Gasteiger charge is 2.24. The van der Waals surface area contributed by atoms with E-state index in [0.29, 0.717) is 18.4 Å². The van der Waals surface area contributed by atoms with E-state index in [9.17, 15) is 17.2 Å². The third-order valence-corrected chi connectivity index (χ3v) is 4.55. The van der Waals surface area contributed by atoms with Crippen molar-refractivity contribution in [1.82, 2.24) is 10.0 Å². The number of benzene rings is 1. The van der Waals surface area contributed by atoms with E-state index in [1.54, 1.807) is 7.05 Å². The molecule has 0 radical (unpaired) electrons. The number of hydrogen-bond donors (Lipinski definition) is 2. The Morgan fingerprint density at radius 1 is 1.20 bits per heavy atom. The molecule has 0 saturated heterocycles. The van der Waals surface area contributed by atoms with Gasteiger partial charge in [0.1, 0.15) is 4.90 Å². The van der Waals surface area contributed by atoms with Crippen LogP contribution in [0.1, 0.15) is 32.3 Å². The second kappa shape index (κ2) is 7.10. The van der Waals surface area contributed by atoms with Crippen molar-refractivity contribution in [2.24, 2.45) is 0 Å². The summed E-state index contributed by atoms with van der Waals surface area (Å²) in [7, 11) is -2.43. The van der Waals surface area contributed by atoms with E-state index in [0.717, 1.165) is 12.1 Å². The molecule has 1 aromatic carbocycles. The molecular weight excluding hydrogens is 286 g/mol. The molecule has 0 atom stereocenters. The number of nitrogens with one attached hydrogen (secondary N) is 2. The molecule has 0 amide bonds. The molecule has 0 aliphatic rings. The summed E-state index contributed by atoms with van der Waals surface area (Å²) in [4.78, 5) is -0.644. The first-order chi connectivity index (χ1) is 9.35. The Kier molecular flexibility index (Phi) is 6.04. The minimum Gasteiger partial charge on any atom is -0.316 e. The number of halogens is 2. The molecule has 0 saturated carbocycles. The third kappa shape index (κ3) is 3.97. The highest BCUT2D eigenvalue weighted by atomic mass is 32.2. The van der Waals surface area contributed by atoms with E-state index in [1.165, 1.54) is 0 Å². The molecule has 20 heavy (non-hydrogen) atoms. The van der Waals surface area contributed by atoms with Crippen molar-refractivity contribution in [3.05, 3.63) is 29.3 Å². The van der Waals surface area contributed by atoms with Crippen LogP contribution in [0.15, 0.2) is 17.0 Å². The van der Waals surface area contributed by atoms with Gasteiger partial charge < -0.3 is 5.32 Å². The smallest absolute Gasteiger partial charge is 0.243 e. The van der Waals surface area contributed by atoms with Gasteiger partial charge in [0.15, 0.2) is 11.6 Å². The van der Waals surface area contributed by atoms with E-state index < -0.39 is 26.6 Å². The van der Waals surface area contributed by atoms with Gasteiger partial charge in [-0.1, -0.05) is 13.8 Å². The lowest BCUT2D eigenvalue weighted by Crippen LogP contribution is -2.34. The maximum atomic E-state index is 13.8. The lowest BCUT2D eigenvalue weighted by molar-refractivity contribution is 0.476. The topological polar surface area (TPSA) is 58.2 Å². The summed E-state index contributed by atoms with van der Waals surface area (Å²) in [5.41, 5.74) is 0.372. The second-order valence-electron chi connectivity index (χ2n) is 4.55. The van der Waals surface area contributed by atoms with Crippen molar-refractivity contribution < 1.29 is 17.2 Å². The van der Waals surface area contributed by atoms with Crippen LogP contribution in [0.3, 0.4) is 0 Å². The lowest BCUT2D eigenvalue weighted by Gasteiger charge is -2.16. The molecule has 1 aromatic rings. The average Bonchev–Trinajstić information content (AvgIpc) is 2.40. The van der Waals surface area contributed by atoms with E-state index in [-0.39, 0.29) is 12.6 Å². The predicted octanol–water partition coefficient (Wildman–Crippen LogP) is 2.15. The van der Waals surface area contributed by atoms with Crippen molar-refractivity contribution in [1.29, 1.82) is 0 Å². The highest BCUT2D eigenvalue weighted by Crippen LogP contribution is 2.20. The highest BCUT2D eigenvalue weighted by molar-refractivity contribution is 7.89. The van der Waals surface area contributed by atoms with Crippen LogP contribution in [0, 0.1) is 11.6 Å². The predicted molar refractivity (Wildman–Crippen MR) is 73.8 cm³/mol. The van der Waals surface area contributed by atoms with Gasteiger partial charge in [-0.25, -0.2) is 21.9 Å². The molecule has 0 spiro atoms. The fourth-order valence-corrected chi connectivity index (χ4v) is 3.40.